The third kappa shape index (κ3) is 2.78. The van der Waals surface area contributed by atoms with Crippen LogP contribution in [0.1, 0.15) is 12.8 Å². The fourth-order valence-corrected chi connectivity index (χ4v) is 3.75. The van der Waals surface area contributed by atoms with Gasteiger partial charge in [0, 0.05) is 23.8 Å². The Kier molecular flexibility index (Phi) is 3.78. The molecule has 3 N–H and O–H groups in total. The smallest absolute Gasteiger partial charge is 0.0953 e. The summed E-state index contributed by atoms with van der Waals surface area (Å²) in [5, 5.41) is 4.59. The van der Waals surface area contributed by atoms with Crippen LogP contribution >= 0.6 is 11.8 Å². The van der Waals surface area contributed by atoms with Gasteiger partial charge in [-0.2, -0.15) is 11.8 Å². The van der Waals surface area contributed by atoms with Gasteiger partial charge >= 0.3 is 0 Å². The molecular weight excluding hydrogens is 254 g/mol. The second-order valence-electron chi connectivity index (χ2n) is 5.04. The summed E-state index contributed by atoms with van der Waals surface area (Å²) in [6, 6.07) is 7.96. The standard InChI is InChI=1S/C15H19N3S/c16-13-3-4-14(15-12(13)2-1-7-17-15)18-10-11-5-8-19-9-6-11/h1-4,7,11,18H,5-6,8-10,16H2. The third-order valence-corrected chi connectivity index (χ3v) is 4.77. The summed E-state index contributed by atoms with van der Waals surface area (Å²) in [4.78, 5) is 4.46. The maximum absolute atomic E-state index is 5.99. The average Bonchev–Trinajstić information content (AvgIpc) is 2.48. The molecule has 0 radical (unpaired) electrons. The molecule has 2 aromatic rings. The molecule has 19 heavy (non-hydrogen) atoms. The first-order valence-corrected chi connectivity index (χ1v) is 7.95. The van der Waals surface area contributed by atoms with E-state index < -0.39 is 0 Å². The molecule has 1 aliphatic heterocycles. The molecule has 3 nitrogen and oxygen atoms in total. The van der Waals surface area contributed by atoms with E-state index in [0.29, 0.717) is 0 Å². The maximum atomic E-state index is 5.99. The van der Waals surface area contributed by atoms with Crippen LogP contribution in [0.25, 0.3) is 10.9 Å². The van der Waals surface area contributed by atoms with Crippen LogP contribution in [0.4, 0.5) is 11.4 Å². The zero-order valence-corrected chi connectivity index (χ0v) is 11.7. The lowest BCUT2D eigenvalue weighted by atomic mass is 10.0. The summed E-state index contributed by atoms with van der Waals surface area (Å²) in [5.41, 5.74) is 8.87. The van der Waals surface area contributed by atoms with Crippen LogP contribution in [0, 0.1) is 5.92 Å². The SMILES string of the molecule is Nc1ccc(NCC2CCSCC2)c2ncccc12. The predicted molar refractivity (Wildman–Crippen MR) is 84.7 cm³/mol. The highest BCUT2D eigenvalue weighted by Gasteiger charge is 2.14. The van der Waals surface area contributed by atoms with Crippen LogP contribution < -0.4 is 11.1 Å². The summed E-state index contributed by atoms with van der Waals surface area (Å²) in [6.07, 6.45) is 4.46. The summed E-state index contributed by atoms with van der Waals surface area (Å²) in [6.45, 7) is 1.04. The van der Waals surface area contributed by atoms with Gasteiger partial charge < -0.3 is 11.1 Å². The number of anilines is 2. The molecule has 1 aromatic heterocycles. The second kappa shape index (κ2) is 5.70. The van der Waals surface area contributed by atoms with E-state index in [2.05, 4.69) is 22.1 Å². The largest absolute Gasteiger partial charge is 0.398 e. The van der Waals surface area contributed by atoms with Crippen LogP contribution in [0.5, 0.6) is 0 Å². The van der Waals surface area contributed by atoms with Crippen molar-refractivity contribution in [2.45, 2.75) is 12.8 Å². The van der Waals surface area contributed by atoms with Crippen LogP contribution in [-0.2, 0) is 0 Å². The van der Waals surface area contributed by atoms with Gasteiger partial charge in [0.05, 0.1) is 11.2 Å². The van der Waals surface area contributed by atoms with E-state index in [-0.39, 0.29) is 0 Å². The van der Waals surface area contributed by atoms with Gasteiger partial charge in [0.25, 0.3) is 0 Å². The van der Waals surface area contributed by atoms with E-state index in [4.69, 9.17) is 5.73 Å². The first kappa shape index (κ1) is 12.6. The van der Waals surface area contributed by atoms with Gasteiger partial charge in [-0.1, -0.05) is 0 Å². The van der Waals surface area contributed by atoms with Crippen molar-refractivity contribution < 1.29 is 0 Å². The zero-order chi connectivity index (χ0) is 13.1. The van der Waals surface area contributed by atoms with Crippen molar-refractivity contribution >= 4 is 34.0 Å². The number of nitrogens with two attached hydrogens (primary N) is 1. The summed E-state index contributed by atoms with van der Waals surface area (Å²) in [7, 11) is 0. The van der Waals surface area contributed by atoms with E-state index in [9.17, 15) is 0 Å². The van der Waals surface area contributed by atoms with E-state index in [1.807, 2.05) is 30.5 Å². The highest BCUT2D eigenvalue weighted by Crippen LogP contribution is 2.28. The number of hydrogen-bond donors (Lipinski definition) is 2. The maximum Gasteiger partial charge on any atom is 0.0953 e. The summed E-state index contributed by atoms with van der Waals surface area (Å²) in [5.74, 6) is 3.39. The Morgan fingerprint density at radius 3 is 2.95 bits per heavy atom. The Hall–Kier alpha value is -1.42. The lowest BCUT2D eigenvalue weighted by Gasteiger charge is -2.22. The normalized spacial score (nSPS) is 16.6. The van der Waals surface area contributed by atoms with Gasteiger partial charge in [-0.05, 0) is 54.5 Å². The van der Waals surface area contributed by atoms with Crippen molar-refractivity contribution in [2.24, 2.45) is 5.92 Å². The Morgan fingerprint density at radius 2 is 2.11 bits per heavy atom. The van der Waals surface area contributed by atoms with E-state index in [0.717, 1.165) is 34.7 Å². The monoisotopic (exact) mass is 273 g/mol. The number of nitrogen functional groups attached to an aromatic ring is 1. The fraction of sp³-hybridized carbons (Fsp3) is 0.400. The number of nitrogens with one attached hydrogen (secondary N) is 1. The van der Waals surface area contributed by atoms with E-state index >= 15 is 0 Å². The van der Waals surface area contributed by atoms with Gasteiger partial charge in [-0.25, -0.2) is 0 Å². The Bertz CT molecular complexity index is 564. The first-order valence-electron chi connectivity index (χ1n) is 6.79. The minimum atomic E-state index is 0.789. The number of thioether (sulfide) groups is 1. The van der Waals surface area contributed by atoms with Gasteiger partial charge in [0.15, 0.2) is 0 Å². The first-order chi connectivity index (χ1) is 9.34. The van der Waals surface area contributed by atoms with Crippen LogP contribution in [0.2, 0.25) is 0 Å². The molecule has 100 valence electrons. The van der Waals surface area contributed by atoms with Crippen molar-refractivity contribution in [3.63, 3.8) is 0 Å². The molecule has 1 fully saturated rings. The highest BCUT2D eigenvalue weighted by molar-refractivity contribution is 7.99. The van der Waals surface area contributed by atoms with Gasteiger partial charge in [0.1, 0.15) is 0 Å². The van der Waals surface area contributed by atoms with Crippen LogP contribution in [0.15, 0.2) is 30.5 Å². The lowest BCUT2D eigenvalue weighted by Crippen LogP contribution is -2.19. The molecule has 0 atom stereocenters. The number of aromatic nitrogens is 1. The minimum absolute atomic E-state index is 0.789. The zero-order valence-electron chi connectivity index (χ0n) is 10.9. The molecular formula is C15H19N3S. The molecule has 0 amide bonds. The Balaban J connectivity index is 1.79. The predicted octanol–water partition coefficient (Wildman–Crippen LogP) is 3.37. The molecule has 2 heterocycles. The number of hydrogen-bond acceptors (Lipinski definition) is 4. The van der Waals surface area contributed by atoms with Gasteiger partial charge in [-0.15, -0.1) is 0 Å². The quantitative estimate of drug-likeness (QED) is 0.842. The van der Waals surface area contributed by atoms with Crippen molar-refractivity contribution in [3.8, 4) is 0 Å². The summed E-state index contributed by atoms with van der Waals surface area (Å²) < 4.78 is 0. The highest BCUT2D eigenvalue weighted by atomic mass is 32.2. The molecule has 1 aliphatic rings. The molecule has 0 aliphatic carbocycles. The molecule has 3 rings (SSSR count). The number of nitrogens with zero attached hydrogens (tertiary/aromatic N) is 1. The number of fused-ring (bicyclic) bond motifs is 1. The molecule has 4 heteroatoms. The second-order valence-corrected chi connectivity index (χ2v) is 6.26. The molecule has 1 aromatic carbocycles. The minimum Gasteiger partial charge on any atom is -0.398 e. The van der Waals surface area contributed by atoms with Crippen molar-refractivity contribution in [1.29, 1.82) is 0 Å². The topological polar surface area (TPSA) is 50.9 Å². The molecule has 0 bridgehead atoms. The van der Waals surface area contributed by atoms with Crippen LogP contribution in [0.3, 0.4) is 0 Å². The van der Waals surface area contributed by atoms with Crippen molar-refractivity contribution in [2.75, 3.05) is 29.1 Å². The third-order valence-electron chi connectivity index (χ3n) is 3.73. The molecule has 0 spiro atoms. The lowest BCUT2D eigenvalue weighted by molar-refractivity contribution is 0.516. The average molecular weight is 273 g/mol. The van der Waals surface area contributed by atoms with E-state index in [1.54, 1.807) is 0 Å². The fourth-order valence-electron chi connectivity index (χ4n) is 2.54. The van der Waals surface area contributed by atoms with Crippen LogP contribution in [-0.4, -0.2) is 23.0 Å². The molecule has 0 unspecified atom stereocenters. The van der Waals surface area contributed by atoms with Crippen molar-refractivity contribution in [3.05, 3.63) is 30.5 Å². The summed E-state index contributed by atoms with van der Waals surface area (Å²) >= 11 is 2.07. The van der Waals surface area contributed by atoms with Crippen molar-refractivity contribution in [1.82, 2.24) is 4.98 Å². The Morgan fingerprint density at radius 1 is 1.26 bits per heavy atom. The molecule has 1 saturated heterocycles. The number of pyridine rings is 1. The van der Waals surface area contributed by atoms with Gasteiger partial charge in [0.2, 0.25) is 0 Å². The number of benzene rings is 1. The molecule has 0 saturated carbocycles. The van der Waals surface area contributed by atoms with E-state index in [1.165, 1.54) is 24.3 Å². The number of rotatable bonds is 3. The van der Waals surface area contributed by atoms with Gasteiger partial charge in [-0.3, -0.25) is 4.98 Å². The Labute approximate surface area is 118 Å².